The number of carbonyl (C=O) groups is 1. The first-order valence-corrected chi connectivity index (χ1v) is 4.53. The van der Waals surface area contributed by atoms with Crippen molar-refractivity contribution in [2.45, 2.75) is 32.7 Å². The summed E-state index contributed by atoms with van der Waals surface area (Å²) in [6, 6.07) is 0.357. The van der Waals surface area contributed by atoms with Crippen LogP contribution in [0.1, 0.15) is 26.7 Å². The molecule has 0 bridgehead atoms. The monoisotopic (exact) mass is 172 g/mol. The smallest absolute Gasteiger partial charge is 0.236 e. The number of nitrogens with one attached hydrogen (secondary N) is 1. The van der Waals surface area contributed by atoms with Crippen LogP contribution in [-0.4, -0.2) is 37.5 Å². The van der Waals surface area contributed by atoms with E-state index in [1.165, 1.54) is 0 Å². The Morgan fingerprint density at radius 2 is 2.17 bits per heavy atom. The highest BCUT2D eigenvalue weighted by Gasteiger charge is 2.13. The van der Waals surface area contributed by atoms with E-state index in [0.29, 0.717) is 12.6 Å². The predicted molar refractivity (Wildman–Crippen MR) is 51.1 cm³/mol. The fourth-order valence-electron chi connectivity index (χ4n) is 1.13. The fraction of sp³-hybridized carbons (Fsp3) is 0.889. The molecule has 0 saturated carbocycles. The summed E-state index contributed by atoms with van der Waals surface area (Å²) in [5.74, 6) is 0.165. The third-order valence-electron chi connectivity index (χ3n) is 2.09. The Hall–Kier alpha value is -0.570. The zero-order valence-corrected chi connectivity index (χ0v) is 8.55. The van der Waals surface area contributed by atoms with Gasteiger partial charge in [-0.15, -0.1) is 0 Å². The Morgan fingerprint density at radius 3 is 2.58 bits per heavy atom. The molecule has 0 aromatic rings. The maximum atomic E-state index is 11.3. The molecule has 0 aliphatic carbocycles. The lowest BCUT2D eigenvalue weighted by Crippen LogP contribution is -2.39. The minimum Gasteiger partial charge on any atom is -0.342 e. The quantitative estimate of drug-likeness (QED) is 0.667. The van der Waals surface area contributed by atoms with Gasteiger partial charge in [0.25, 0.3) is 0 Å². The van der Waals surface area contributed by atoms with Gasteiger partial charge in [0.15, 0.2) is 0 Å². The molecule has 1 N–H and O–H groups in total. The average molecular weight is 172 g/mol. The van der Waals surface area contributed by atoms with Gasteiger partial charge in [-0.25, -0.2) is 0 Å². The van der Waals surface area contributed by atoms with E-state index in [1.807, 2.05) is 7.05 Å². The Bertz CT molecular complexity index is 136. The van der Waals surface area contributed by atoms with E-state index in [9.17, 15) is 4.79 Å². The molecule has 0 aromatic heterocycles. The summed E-state index contributed by atoms with van der Waals surface area (Å²) in [7, 11) is 3.65. The summed E-state index contributed by atoms with van der Waals surface area (Å²) < 4.78 is 0. The molecule has 72 valence electrons. The van der Waals surface area contributed by atoms with Crippen molar-refractivity contribution in [1.82, 2.24) is 10.2 Å². The number of hydrogen-bond donors (Lipinski definition) is 1. The second-order valence-corrected chi connectivity index (χ2v) is 3.17. The van der Waals surface area contributed by atoms with Gasteiger partial charge < -0.3 is 10.2 Å². The van der Waals surface area contributed by atoms with E-state index in [4.69, 9.17) is 0 Å². The highest BCUT2D eigenvalue weighted by atomic mass is 16.2. The third-order valence-corrected chi connectivity index (χ3v) is 2.09. The topological polar surface area (TPSA) is 32.3 Å². The van der Waals surface area contributed by atoms with Gasteiger partial charge in [-0.3, -0.25) is 4.79 Å². The van der Waals surface area contributed by atoms with Crippen LogP contribution >= 0.6 is 0 Å². The maximum absolute atomic E-state index is 11.3. The predicted octanol–water partition coefficient (Wildman–Crippen LogP) is 0.853. The SMILES string of the molecule is CCCC(C)N(C)C(=O)CNC. The van der Waals surface area contributed by atoms with Gasteiger partial charge in [-0.05, 0) is 20.4 Å². The van der Waals surface area contributed by atoms with Gasteiger partial charge >= 0.3 is 0 Å². The van der Waals surface area contributed by atoms with Gasteiger partial charge in [-0.1, -0.05) is 13.3 Å². The second-order valence-electron chi connectivity index (χ2n) is 3.17. The molecule has 12 heavy (non-hydrogen) atoms. The van der Waals surface area contributed by atoms with E-state index >= 15 is 0 Å². The van der Waals surface area contributed by atoms with Crippen molar-refractivity contribution in [2.24, 2.45) is 0 Å². The van der Waals surface area contributed by atoms with Crippen molar-refractivity contribution in [3.63, 3.8) is 0 Å². The second kappa shape index (κ2) is 6.00. The molecule has 0 radical (unpaired) electrons. The Balaban J connectivity index is 3.82. The first-order chi connectivity index (χ1) is 5.63. The number of carbonyl (C=O) groups excluding carboxylic acids is 1. The van der Waals surface area contributed by atoms with Crippen LogP contribution in [0.15, 0.2) is 0 Å². The summed E-state index contributed by atoms with van der Waals surface area (Å²) in [5.41, 5.74) is 0. The first kappa shape index (κ1) is 11.4. The molecule has 0 aliphatic heterocycles. The van der Waals surface area contributed by atoms with Crippen molar-refractivity contribution in [3.05, 3.63) is 0 Å². The van der Waals surface area contributed by atoms with Crippen LogP contribution in [0.5, 0.6) is 0 Å². The van der Waals surface area contributed by atoms with Gasteiger partial charge in [0, 0.05) is 13.1 Å². The molecule has 1 unspecified atom stereocenters. The first-order valence-electron chi connectivity index (χ1n) is 4.53. The van der Waals surface area contributed by atoms with E-state index < -0.39 is 0 Å². The van der Waals surface area contributed by atoms with Crippen molar-refractivity contribution in [1.29, 1.82) is 0 Å². The summed E-state index contributed by atoms with van der Waals surface area (Å²) in [6.45, 7) is 4.65. The van der Waals surface area contributed by atoms with E-state index in [0.717, 1.165) is 12.8 Å². The fourth-order valence-corrected chi connectivity index (χ4v) is 1.13. The van der Waals surface area contributed by atoms with Crippen LogP contribution in [-0.2, 0) is 4.79 Å². The zero-order chi connectivity index (χ0) is 9.56. The summed E-state index contributed by atoms with van der Waals surface area (Å²) in [6.07, 6.45) is 2.20. The normalized spacial score (nSPS) is 12.7. The Kier molecular flexibility index (Phi) is 5.72. The van der Waals surface area contributed by atoms with Crippen LogP contribution in [0.2, 0.25) is 0 Å². The number of rotatable bonds is 5. The Morgan fingerprint density at radius 1 is 1.58 bits per heavy atom. The number of hydrogen-bond acceptors (Lipinski definition) is 2. The minimum absolute atomic E-state index is 0.165. The Labute approximate surface area is 75.1 Å². The van der Waals surface area contributed by atoms with Gasteiger partial charge in [0.2, 0.25) is 5.91 Å². The number of nitrogens with zero attached hydrogens (tertiary/aromatic N) is 1. The third kappa shape index (κ3) is 3.72. The lowest BCUT2D eigenvalue weighted by Gasteiger charge is -2.24. The molecule has 0 heterocycles. The van der Waals surface area contributed by atoms with Crippen LogP contribution in [0.25, 0.3) is 0 Å². The lowest BCUT2D eigenvalue weighted by atomic mass is 10.2. The largest absolute Gasteiger partial charge is 0.342 e. The number of amides is 1. The lowest BCUT2D eigenvalue weighted by molar-refractivity contribution is -0.130. The standard InChI is InChI=1S/C9H20N2O/c1-5-6-8(2)11(4)9(12)7-10-3/h8,10H,5-7H2,1-4H3. The van der Waals surface area contributed by atoms with Gasteiger partial charge in [0.05, 0.1) is 6.54 Å². The van der Waals surface area contributed by atoms with E-state index in [1.54, 1.807) is 11.9 Å². The summed E-state index contributed by atoms with van der Waals surface area (Å²) in [4.78, 5) is 13.1. The van der Waals surface area contributed by atoms with Crippen LogP contribution < -0.4 is 5.32 Å². The molecular formula is C9H20N2O. The molecule has 0 rings (SSSR count). The number of likely N-dealkylation sites (N-methyl/N-ethyl adjacent to an activating group) is 2. The molecular weight excluding hydrogens is 152 g/mol. The molecule has 0 aromatic carbocycles. The molecule has 0 spiro atoms. The average Bonchev–Trinajstić information content (AvgIpc) is 2.04. The van der Waals surface area contributed by atoms with Crippen molar-refractivity contribution in [2.75, 3.05) is 20.6 Å². The molecule has 3 heteroatoms. The van der Waals surface area contributed by atoms with Gasteiger partial charge in [-0.2, -0.15) is 0 Å². The minimum atomic E-state index is 0.165. The van der Waals surface area contributed by atoms with Crippen LogP contribution in [0.4, 0.5) is 0 Å². The van der Waals surface area contributed by atoms with Crippen molar-refractivity contribution in [3.8, 4) is 0 Å². The van der Waals surface area contributed by atoms with Crippen molar-refractivity contribution < 1.29 is 4.79 Å². The molecule has 0 saturated heterocycles. The molecule has 0 fully saturated rings. The molecule has 3 nitrogen and oxygen atoms in total. The maximum Gasteiger partial charge on any atom is 0.236 e. The van der Waals surface area contributed by atoms with Gasteiger partial charge in [0.1, 0.15) is 0 Å². The summed E-state index contributed by atoms with van der Waals surface area (Å²) in [5, 5.41) is 2.85. The highest BCUT2D eigenvalue weighted by Crippen LogP contribution is 2.03. The summed E-state index contributed by atoms with van der Waals surface area (Å²) >= 11 is 0. The molecule has 1 amide bonds. The highest BCUT2D eigenvalue weighted by molar-refractivity contribution is 5.78. The zero-order valence-electron chi connectivity index (χ0n) is 8.55. The molecule has 0 aliphatic rings. The van der Waals surface area contributed by atoms with E-state index in [-0.39, 0.29) is 5.91 Å². The molecule has 1 atom stereocenters. The van der Waals surface area contributed by atoms with Crippen LogP contribution in [0, 0.1) is 0 Å². The van der Waals surface area contributed by atoms with Crippen LogP contribution in [0.3, 0.4) is 0 Å². The van der Waals surface area contributed by atoms with E-state index in [2.05, 4.69) is 19.2 Å². The van der Waals surface area contributed by atoms with Crippen molar-refractivity contribution >= 4 is 5.91 Å².